The number of carbonyl (C=O) groups is 1. The molecule has 3 nitrogen and oxygen atoms in total. The van der Waals surface area contributed by atoms with Gasteiger partial charge < -0.3 is 4.90 Å². The van der Waals surface area contributed by atoms with E-state index in [1.165, 1.54) is 34.4 Å². The first kappa shape index (κ1) is 13.4. The van der Waals surface area contributed by atoms with Gasteiger partial charge in [0.1, 0.15) is 10.8 Å². The van der Waals surface area contributed by atoms with Gasteiger partial charge in [-0.2, -0.15) is 0 Å². The van der Waals surface area contributed by atoms with Crippen LogP contribution in [0.1, 0.15) is 5.69 Å². The minimum atomic E-state index is -0.267. The second kappa shape index (κ2) is 5.75. The number of aromatic nitrogens is 1. The SMILES string of the molecule is CN(C)C(=O)C=Cc1csc(-c2ccc(F)cc2)n1. The smallest absolute Gasteiger partial charge is 0.246 e. The quantitative estimate of drug-likeness (QED) is 0.807. The zero-order chi connectivity index (χ0) is 13.8. The fraction of sp³-hybridized carbons (Fsp3) is 0.143. The van der Waals surface area contributed by atoms with Crippen molar-refractivity contribution in [3.8, 4) is 10.6 Å². The highest BCUT2D eigenvalue weighted by Crippen LogP contribution is 2.24. The number of hydrogen-bond donors (Lipinski definition) is 0. The number of rotatable bonds is 3. The lowest BCUT2D eigenvalue weighted by Gasteiger charge is -2.04. The van der Waals surface area contributed by atoms with E-state index in [4.69, 9.17) is 0 Å². The van der Waals surface area contributed by atoms with Crippen LogP contribution in [0, 0.1) is 5.82 Å². The van der Waals surface area contributed by atoms with Crippen LogP contribution in [0.4, 0.5) is 4.39 Å². The van der Waals surface area contributed by atoms with Crippen molar-refractivity contribution in [3.63, 3.8) is 0 Å². The number of halogens is 1. The van der Waals surface area contributed by atoms with Crippen molar-refractivity contribution in [2.45, 2.75) is 0 Å². The first-order valence-electron chi connectivity index (χ1n) is 5.67. The van der Waals surface area contributed by atoms with Gasteiger partial charge in [0, 0.05) is 31.1 Å². The minimum Gasteiger partial charge on any atom is -0.345 e. The molecule has 19 heavy (non-hydrogen) atoms. The van der Waals surface area contributed by atoms with E-state index in [0.29, 0.717) is 0 Å². The van der Waals surface area contributed by atoms with Crippen LogP contribution in [0.3, 0.4) is 0 Å². The summed E-state index contributed by atoms with van der Waals surface area (Å²) in [6.07, 6.45) is 3.15. The predicted octanol–water partition coefficient (Wildman–Crippen LogP) is 3.05. The van der Waals surface area contributed by atoms with Gasteiger partial charge in [0.25, 0.3) is 0 Å². The number of nitrogens with zero attached hydrogens (tertiary/aromatic N) is 2. The van der Waals surface area contributed by atoms with Crippen molar-refractivity contribution in [2.75, 3.05) is 14.1 Å². The van der Waals surface area contributed by atoms with Crippen molar-refractivity contribution in [1.82, 2.24) is 9.88 Å². The Labute approximate surface area is 115 Å². The molecule has 2 rings (SSSR count). The molecule has 0 aliphatic heterocycles. The van der Waals surface area contributed by atoms with Crippen molar-refractivity contribution >= 4 is 23.3 Å². The Kier molecular flexibility index (Phi) is 4.06. The maximum atomic E-state index is 12.8. The lowest BCUT2D eigenvalue weighted by atomic mass is 10.2. The first-order chi connectivity index (χ1) is 9.06. The second-order valence-corrected chi connectivity index (χ2v) is 5.01. The summed E-state index contributed by atoms with van der Waals surface area (Å²) in [4.78, 5) is 17.3. The fourth-order valence-electron chi connectivity index (χ4n) is 1.39. The molecule has 0 aliphatic carbocycles. The second-order valence-electron chi connectivity index (χ2n) is 4.15. The van der Waals surface area contributed by atoms with Gasteiger partial charge in [-0.15, -0.1) is 11.3 Å². The maximum Gasteiger partial charge on any atom is 0.246 e. The number of thiazole rings is 1. The average Bonchev–Trinajstić information content (AvgIpc) is 2.85. The molecule has 0 atom stereocenters. The van der Waals surface area contributed by atoms with Gasteiger partial charge in [0.15, 0.2) is 0 Å². The molecule has 1 heterocycles. The molecular formula is C14H13FN2OS. The number of benzene rings is 1. The molecule has 5 heteroatoms. The topological polar surface area (TPSA) is 33.2 Å². The van der Waals surface area contributed by atoms with E-state index in [2.05, 4.69) is 4.98 Å². The van der Waals surface area contributed by atoms with E-state index in [-0.39, 0.29) is 11.7 Å². The standard InChI is InChI=1S/C14H13FN2OS/c1-17(2)13(18)8-7-12-9-19-14(16-12)10-3-5-11(15)6-4-10/h3-9H,1-2H3. The van der Waals surface area contributed by atoms with Crippen molar-refractivity contribution in [1.29, 1.82) is 0 Å². The third-order valence-electron chi connectivity index (χ3n) is 2.45. The molecule has 0 saturated heterocycles. The molecule has 0 bridgehead atoms. The summed E-state index contributed by atoms with van der Waals surface area (Å²) < 4.78 is 12.8. The lowest BCUT2D eigenvalue weighted by Crippen LogP contribution is -2.18. The Bertz CT molecular complexity index is 602. The van der Waals surface area contributed by atoms with E-state index < -0.39 is 0 Å². The third-order valence-corrected chi connectivity index (χ3v) is 3.36. The van der Waals surface area contributed by atoms with E-state index in [1.54, 1.807) is 32.3 Å². The molecule has 2 aromatic rings. The van der Waals surface area contributed by atoms with Gasteiger partial charge in [0.2, 0.25) is 5.91 Å². The van der Waals surface area contributed by atoms with Gasteiger partial charge >= 0.3 is 0 Å². The third kappa shape index (κ3) is 3.48. The maximum absolute atomic E-state index is 12.8. The zero-order valence-electron chi connectivity index (χ0n) is 10.6. The van der Waals surface area contributed by atoms with Gasteiger partial charge in [-0.3, -0.25) is 4.79 Å². The molecular weight excluding hydrogens is 263 g/mol. The van der Waals surface area contributed by atoms with Gasteiger partial charge in [-0.1, -0.05) is 0 Å². The molecule has 1 aromatic carbocycles. The van der Waals surface area contributed by atoms with Crippen LogP contribution in [0.25, 0.3) is 16.6 Å². The molecule has 0 radical (unpaired) electrons. The Morgan fingerprint density at radius 1 is 1.32 bits per heavy atom. The monoisotopic (exact) mass is 276 g/mol. The zero-order valence-corrected chi connectivity index (χ0v) is 11.4. The molecule has 0 saturated carbocycles. The van der Waals surface area contributed by atoms with Crippen molar-refractivity contribution in [2.24, 2.45) is 0 Å². The van der Waals surface area contributed by atoms with Gasteiger partial charge in [-0.25, -0.2) is 9.37 Å². The minimum absolute atomic E-state index is 0.0867. The molecule has 0 N–H and O–H groups in total. The van der Waals surface area contributed by atoms with Crippen LogP contribution in [0.5, 0.6) is 0 Å². The molecule has 0 aliphatic rings. The molecule has 0 fully saturated rings. The lowest BCUT2D eigenvalue weighted by molar-refractivity contribution is -0.123. The number of carbonyl (C=O) groups excluding carboxylic acids is 1. The molecule has 98 valence electrons. The Hall–Kier alpha value is -2.01. The van der Waals surface area contributed by atoms with Crippen LogP contribution in [-0.4, -0.2) is 29.9 Å². The molecule has 0 spiro atoms. The average molecular weight is 276 g/mol. The summed E-state index contributed by atoms with van der Waals surface area (Å²) >= 11 is 1.46. The summed E-state index contributed by atoms with van der Waals surface area (Å²) in [5.74, 6) is -0.353. The summed E-state index contributed by atoms with van der Waals surface area (Å²) in [7, 11) is 3.38. The molecule has 1 amide bonds. The molecule has 0 unspecified atom stereocenters. The Morgan fingerprint density at radius 2 is 2.00 bits per heavy atom. The van der Waals surface area contributed by atoms with E-state index >= 15 is 0 Å². The highest BCUT2D eigenvalue weighted by molar-refractivity contribution is 7.13. The van der Waals surface area contributed by atoms with Crippen molar-refractivity contribution in [3.05, 3.63) is 47.2 Å². The first-order valence-corrected chi connectivity index (χ1v) is 6.55. The summed E-state index contributed by atoms with van der Waals surface area (Å²) in [5, 5.41) is 2.66. The Balaban J connectivity index is 2.15. The van der Waals surface area contributed by atoms with Crippen LogP contribution in [0.15, 0.2) is 35.7 Å². The van der Waals surface area contributed by atoms with E-state index in [0.717, 1.165) is 16.3 Å². The summed E-state index contributed by atoms with van der Waals surface area (Å²) in [6, 6.07) is 6.18. The number of amides is 1. The van der Waals surface area contributed by atoms with Gasteiger partial charge in [-0.05, 0) is 30.3 Å². The summed E-state index contributed by atoms with van der Waals surface area (Å²) in [5.41, 5.74) is 1.59. The highest BCUT2D eigenvalue weighted by Gasteiger charge is 2.04. The highest BCUT2D eigenvalue weighted by atomic mass is 32.1. The van der Waals surface area contributed by atoms with E-state index in [9.17, 15) is 9.18 Å². The number of hydrogen-bond acceptors (Lipinski definition) is 3. The number of likely N-dealkylation sites (N-methyl/N-ethyl adjacent to an activating group) is 1. The largest absolute Gasteiger partial charge is 0.345 e. The van der Waals surface area contributed by atoms with Crippen molar-refractivity contribution < 1.29 is 9.18 Å². The van der Waals surface area contributed by atoms with Crippen LogP contribution < -0.4 is 0 Å². The predicted molar refractivity (Wildman–Crippen MR) is 75.2 cm³/mol. The molecule has 1 aromatic heterocycles. The fourth-order valence-corrected chi connectivity index (χ4v) is 2.19. The van der Waals surface area contributed by atoms with Crippen LogP contribution >= 0.6 is 11.3 Å². The Morgan fingerprint density at radius 3 is 2.63 bits per heavy atom. The summed E-state index contributed by atoms with van der Waals surface area (Å²) in [6.45, 7) is 0. The normalized spacial score (nSPS) is 10.9. The van der Waals surface area contributed by atoms with Crippen LogP contribution in [-0.2, 0) is 4.79 Å². The van der Waals surface area contributed by atoms with E-state index in [1.807, 2.05) is 5.38 Å². The van der Waals surface area contributed by atoms with Crippen LogP contribution in [0.2, 0.25) is 0 Å². The van der Waals surface area contributed by atoms with Gasteiger partial charge in [0.05, 0.1) is 5.69 Å².